The monoisotopic (exact) mass is 276 g/mol. The van der Waals surface area contributed by atoms with Crippen molar-refractivity contribution in [3.63, 3.8) is 0 Å². The van der Waals surface area contributed by atoms with Crippen molar-refractivity contribution in [1.82, 2.24) is 5.32 Å². The van der Waals surface area contributed by atoms with Gasteiger partial charge in [-0.25, -0.2) is 0 Å². The molecule has 0 aromatic heterocycles. The summed E-state index contributed by atoms with van der Waals surface area (Å²) in [5.41, 5.74) is 9.22. The normalized spacial score (nSPS) is 11.4. The molecule has 7 nitrogen and oxygen atoms in total. The second-order valence-electron chi connectivity index (χ2n) is 4.28. The van der Waals surface area contributed by atoms with Crippen LogP contribution >= 0.6 is 0 Å². The molecule has 0 saturated carbocycles. The molecule has 1 rings (SSSR count). The van der Waals surface area contributed by atoms with Crippen molar-refractivity contribution < 1.29 is 14.5 Å². The van der Waals surface area contributed by atoms with Gasteiger partial charge >= 0.3 is 6.21 Å². The summed E-state index contributed by atoms with van der Waals surface area (Å²) in [6.07, 6.45) is 2.10. The fourth-order valence-corrected chi connectivity index (χ4v) is 1.73. The first-order valence-electron chi connectivity index (χ1n) is 6.26. The standard InChI is InChI=1S/C13H16N4O3/c1-2-7-15-12(13(18)9-16-14)8-10-3-5-11(6-4-10)17(19)20/h3-6,9,12,15H,2,7-8H2,1H3/t12-/m0/s1. The average molecular weight is 276 g/mol. The van der Waals surface area contributed by atoms with Gasteiger partial charge in [0.2, 0.25) is 0 Å². The number of carbonyl (C=O) groups excluding carboxylic acids is 1. The van der Waals surface area contributed by atoms with Gasteiger partial charge in [0.25, 0.3) is 11.5 Å². The van der Waals surface area contributed by atoms with Gasteiger partial charge in [0.05, 0.1) is 11.0 Å². The molecule has 1 atom stereocenters. The van der Waals surface area contributed by atoms with Crippen LogP contribution in [0.5, 0.6) is 0 Å². The average Bonchev–Trinajstić information content (AvgIpc) is 2.44. The van der Waals surface area contributed by atoms with E-state index in [0.717, 1.165) is 18.2 Å². The van der Waals surface area contributed by atoms with E-state index in [1.165, 1.54) is 12.1 Å². The molecule has 0 heterocycles. The molecule has 0 aliphatic carbocycles. The molecule has 0 aliphatic rings. The highest BCUT2D eigenvalue weighted by Crippen LogP contribution is 2.13. The van der Waals surface area contributed by atoms with Crippen LogP contribution in [0.1, 0.15) is 18.9 Å². The van der Waals surface area contributed by atoms with Crippen molar-refractivity contribution in [2.75, 3.05) is 6.54 Å². The van der Waals surface area contributed by atoms with Crippen molar-refractivity contribution in [3.05, 3.63) is 45.5 Å². The summed E-state index contributed by atoms with van der Waals surface area (Å²) in [6, 6.07) is 5.52. The van der Waals surface area contributed by atoms with Gasteiger partial charge in [-0.2, -0.15) is 4.79 Å². The highest BCUT2D eigenvalue weighted by Gasteiger charge is 2.19. The van der Waals surface area contributed by atoms with Gasteiger partial charge in [0.1, 0.15) is 0 Å². The maximum atomic E-state index is 11.7. The van der Waals surface area contributed by atoms with E-state index >= 15 is 0 Å². The molecule has 0 spiro atoms. The van der Waals surface area contributed by atoms with Gasteiger partial charge < -0.3 is 10.8 Å². The third-order valence-corrected chi connectivity index (χ3v) is 2.76. The quantitative estimate of drug-likeness (QED) is 0.254. The van der Waals surface area contributed by atoms with E-state index in [2.05, 4.69) is 10.1 Å². The molecule has 0 fully saturated rings. The molecule has 0 aliphatic heterocycles. The van der Waals surface area contributed by atoms with Gasteiger partial charge in [0, 0.05) is 12.1 Å². The van der Waals surface area contributed by atoms with E-state index < -0.39 is 11.0 Å². The van der Waals surface area contributed by atoms with Crippen LogP contribution < -0.4 is 5.32 Å². The second kappa shape index (κ2) is 7.93. The van der Waals surface area contributed by atoms with Crippen LogP contribution in [0.3, 0.4) is 0 Å². The summed E-state index contributed by atoms with van der Waals surface area (Å²) in [7, 11) is 0. The van der Waals surface area contributed by atoms with Crippen molar-refractivity contribution in [3.8, 4) is 0 Å². The molecule has 1 aromatic rings. The van der Waals surface area contributed by atoms with Crippen molar-refractivity contribution in [2.45, 2.75) is 25.8 Å². The highest BCUT2D eigenvalue weighted by atomic mass is 16.6. The van der Waals surface area contributed by atoms with Crippen molar-refractivity contribution in [2.24, 2.45) is 0 Å². The Hall–Kier alpha value is -2.37. The molecule has 0 radical (unpaired) electrons. The van der Waals surface area contributed by atoms with Gasteiger partial charge in [-0.3, -0.25) is 14.9 Å². The van der Waals surface area contributed by atoms with Gasteiger partial charge in [-0.15, -0.1) is 0 Å². The Labute approximate surface area is 116 Å². The number of rotatable bonds is 8. The lowest BCUT2D eigenvalue weighted by molar-refractivity contribution is -0.384. The van der Waals surface area contributed by atoms with Crippen LogP contribution in [0.25, 0.3) is 5.53 Å². The third-order valence-electron chi connectivity index (χ3n) is 2.76. The summed E-state index contributed by atoms with van der Waals surface area (Å²) in [6.45, 7) is 2.63. The zero-order valence-electron chi connectivity index (χ0n) is 11.2. The zero-order valence-corrected chi connectivity index (χ0v) is 11.2. The van der Waals surface area contributed by atoms with Crippen LogP contribution in [-0.2, 0) is 11.2 Å². The van der Waals surface area contributed by atoms with Crippen LogP contribution in [0.15, 0.2) is 24.3 Å². The van der Waals surface area contributed by atoms with E-state index in [-0.39, 0.29) is 11.5 Å². The molecule has 7 heteroatoms. The smallest absolute Gasteiger partial charge is 0.324 e. The van der Waals surface area contributed by atoms with E-state index in [1.807, 2.05) is 6.92 Å². The molecule has 1 aromatic carbocycles. The Balaban J connectivity index is 2.80. The minimum Gasteiger partial charge on any atom is -0.361 e. The maximum Gasteiger partial charge on any atom is 0.324 e. The number of nitro benzene ring substituents is 1. The topological polar surface area (TPSA) is 109 Å². The van der Waals surface area contributed by atoms with Gasteiger partial charge in [-0.1, -0.05) is 19.1 Å². The first-order chi connectivity index (χ1) is 9.58. The Bertz CT molecular complexity index is 521. The summed E-state index contributed by atoms with van der Waals surface area (Å²) >= 11 is 0. The maximum absolute atomic E-state index is 11.7. The molecule has 0 unspecified atom stereocenters. The fraction of sp³-hybridized carbons (Fsp3) is 0.385. The fourth-order valence-electron chi connectivity index (χ4n) is 1.73. The summed E-state index contributed by atoms with van der Waals surface area (Å²) < 4.78 is 0. The lowest BCUT2D eigenvalue weighted by Gasteiger charge is -2.13. The predicted octanol–water partition coefficient (Wildman–Crippen LogP) is 1.38. The van der Waals surface area contributed by atoms with Crippen LogP contribution in [-0.4, -0.2) is 34.3 Å². The molecule has 20 heavy (non-hydrogen) atoms. The van der Waals surface area contributed by atoms with Crippen molar-refractivity contribution >= 4 is 17.7 Å². The molecule has 0 bridgehead atoms. The lowest BCUT2D eigenvalue weighted by atomic mass is 10.0. The number of nitro groups is 1. The number of benzene rings is 1. The second-order valence-corrected chi connectivity index (χ2v) is 4.28. The Morgan fingerprint density at radius 2 is 2.15 bits per heavy atom. The van der Waals surface area contributed by atoms with Crippen molar-refractivity contribution in [1.29, 1.82) is 0 Å². The van der Waals surface area contributed by atoms with E-state index in [0.29, 0.717) is 13.0 Å². The number of non-ortho nitro benzene ring substituents is 1. The number of hydrogen-bond acceptors (Lipinski definition) is 4. The SMILES string of the molecule is CCCN[C@@H](Cc1ccc([N+](=O)[O-])cc1)C(=O)C=[N+]=[N-]. The minimum atomic E-state index is -0.507. The summed E-state index contributed by atoms with van der Waals surface area (Å²) in [4.78, 5) is 24.6. The molecule has 0 saturated heterocycles. The lowest BCUT2D eigenvalue weighted by Crippen LogP contribution is -2.39. The molecular formula is C13H16N4O3. The van der Waals surface area contributed by atoms with E-state index in [4.69, 9.17) is 5.53 Å². The van der Waals surface area contributed by atoms with Crippen LogP contribution in [0, 0.1) is 10.1 Å². The van der Waals surface area contributed by atoms with Gasteiger partial charge in [0.15, 0.2) is 0 Å². The minimum absolute atomic E-state index is 0.00932. The van der Waals surface area contributed by atoms with Crippen LogP contribution in [0.4, 0.5) is 5.69 Å². The molecule has 106 valence electrons. The number of nitrogens with one attached hydrogen (secondary N) is 1. The first kappa shape index (κ1) is 15.7. The van der Waals surface area contributed by atoms with E-state index in [1.54, 1.807) is 12.1 Å². The van der Waals surface area contributed by atoms with Gasteiger partial charge in [-0.05, 0) is 24.9 Å². The Morgan fingerprint density at radius 3 is 2.65 bits per heavy atom. The molecular weight excluding hydrogens is 260 g/mol. The number of hydrogen-bond donors (Lipinski definition) is 1. The predicted molar refractivity (Wildman–Crippen MR) is 73.6 cm³/mol. The highest BCUT2D eigenvalue weighted by molar-refractivity contribution is 6.27. The third kappa shape index (κ3) is 4.72. The molecule has 0 amide bonds. The molecule has 1 N–H and O–H groups in total. The Morgan fingerprint density at radius 1 is 1.50 bits per heavy atom. The summed E-state index contributed by atoms with van der Waals surface area (Å²) in [5, 5.41) is 13.6. The number of Topliss-reactive ketones (excluding diaryl/α,β-unsaturated/α-hetero) is 1. The number of nitrogens with zero attached hydrogens (tertiary/aromatic N) is 3. The largest absolute Gasteiger partial charge is 0.361 e. The number of ketones is 1. The van der Waals surface area contributed by atoms with Crippen LogP contribution in [0.2, 0.25) is 0 Å². The Kier molecular flexibility index (Phi) is 6.22. The zero-order chi connectivity index (χ0) is 15.0. The first-order valence-corrected chi connectivity index (χ1v) is 6.26. The summed E-state index contributed by atoms with van der Waals surface area (Å²) in [5.74, 6) is -0.334. The van der Waals surface area contributed by atoms with E-state index in [9.17, 15) is 14.9 Å². The number of carbonyl (C=O) groups is 1.